The summed E-state index contributed by atoms with van der Waals surface area (Å²) in [4.78, 5) is 24.4. The second kappa shape index (κ2) is 11.3. The fourth-order valence-electron chi connectivity index (χ4n) is 3.27. The van der Waals surface area contributed by atoms with E-state index in [1.54, 1.807) is 11.0 Å². The number of thioether (sulfide) groups is 1. The highest BCUT2D eigenvalue weighted by Crippen LogP contribution is 2.32. The van der Waals surface area contributed by atoms with Crippen LogP contribution < -0.4 is 0 Å². The van der Waals surface area contributed by atoms with E-state index in [-0.39, 0.29) is 23.3 Å². The van der Waals surface area contributed by atoms with E-state index in [9.17, 15) is 23.5 Å². The van der Waals surface area contributed by atoms with Gasteiger partial charge in [0.2, 0.25) is 5.91 Å². The molecule has 2 N–H and O–H groups in total. The molecular formula is C21H27F2NO4S. The summed E-state index contributed by atoms with van der Waals surface area (Å²) in [6.45, 7) is 0.493. The van der Waals surface area contributed by atoms with E-state index in [0.717, 1.165) is 12.5 Å². The number of halogens is 2. The Morgan fingerprint density at radius 1 is 1.31 bits per heavy atom. The average molecular weight is 428 g/mol. The zero-order chi connectivity index (χ0) is 21.3. The molecule has 0 unspecified atom stereocenters. The van der Waals surface area contributed by atoms with Gasteiger partial charge in [-0.2, -0.15) is 20.5 Å². The van der Waals surface area contributed by atoms with Gasteiger partial charge in [-0.1, -0.05) is 42.5 Å². The Labute approximate surface area is 173 Å². The molecule has 1 heterocycles. The molecule has 0 aliphatic carbocycles. The SMILES string of the molecule is O=C(O)CSCCCCN1C(=O)CCC[C@@H]1/C=C/[C@H](O)C(F)(F)c1ccccc1. The quantitative estimate of drug-likeness (QED) is 0.416. The summed E-state index contributed by atoms with van der Waals surface area (Å²) < 4.78 is 28.9. The highest BCUT2D eigenvalue weighted by Gasteiger charge is 2.39. The molecule has 29 heavy (non-hydrogen) atoms. The number of carbonyl (C=O) groups excluding carboxylic acids is 1. The molecule has 1 aromatic carbocycles. The van der Waals surface area contributed by atoms with Gasteiger partial charge in [0, 0.05) is 18.5 Å². The second-order valence-electron chi connectivity index (χ2n) is 7.02. The van der Waals surface area contributed by atoms with Crippen LogP contribution in [0, 0.1) is 0 Å². The Morgan fingerprint density at radius 2 is 2.03 bits per heavy atom. The first-order valence-corrected chi connectivity index (χ1v) is 10.9. The Kier molecular flexibility index (Phi) is 9.10. The topological polar surface area (TPSA) is 77.8 Å². The first-order valence-electron chi connectivity index (χ1n) is 9.71. The number of nitrogens with zero attached hydrogens (tertiary/aromatic N) is 1. The number of hydrogen-bond donors (Lipinski definition) is 2. The fourth-order valence-corrected chi connectivity index (χ4v) is 4.00. The molecule has 1 aliphatic rings. The number of aliphatic hydroxyl groups is 1. The van der Waals surface area contributed by atoms with Crippen LogP contribution in [-0.4, -0.2) is 57.2 Å². The Balaban J connectivity index is 1.92. The third-order valence-corrected chi connectivity index (χ3v) is 5.85. The lowest BCUT2D eigenvalue weighted by Gasteiger charge is -2.34. The van der Waals surface area contributed by atoms with E-state index in [1.165, 1.54) is 42.1 Å². The van der Waals surface area contributed by atoms with Gasteiger partial charge >= 0.3 is 11.9 Å². The lowest BCUT2D eigenvalue weighted by Crippen LogP contribution is -2.43. The lowest BCUT2D eigenvalue weighted by atomic mass is 9.98. The molecule has 5 nitrogen and oxygen atoms in total. The summed E-state index contributed by atoms with van der Waals surface area (Å²) in [6, 6.07) is 6.86. The van der Waals surface area contributed by atoms with E-state index in [0.29, 0.717) is 38.0 Å². The van der Waals surface area contributed by atoms with Crippen LogP contribution in [0.1, 0.15) is 37.7 Å². The number of hydrogen-bond acceptors (Lipinski definition) is 4. The molecule has 1 aromatic rings. The first kappa shape index (κ1) is 23.3. The van der Waals surface area contributed by atoms with Gasteiger partial charge in [-0.25, -0.2) is 0 Å². The maximum atomic E-state index is 14.4. The van der Waals surface area contributed by atoms with Gasteiger partial charge in [-0.15, -0.1) is 0 Å². The van der Waals surface area contributed by atoms with E-state index < -0.39 is 18.0 Å². The van der Waals surface area contributed by atoms with Gasteiger partial charge in [0.25, 0.3) is 0 Å². The largest absolute Gasteiger partial charge is 0.481 e. The van der Waals surface area contributed by atoms with Crippen molar-refractivity contribution in [2.75, 3.05) is 18.1 Å². The highest BCUT2D eigenvalue weighted by molar-refractivity contribution is 7.99. The van der Waals surface area contributed by atoms with Crippen molar-refractivity contribution < 1.29 is 28.6 Å². The number of likely N-dealkylation sites (tertiary alicyclic amines) is 1. The number of piperidine rings is 1. The maximum Gasteiger partial charge on any atom is 0.313 e. The maximum absolute atomic E-state index is 14.4. The molecule has 1 saturated heterocycles. The molecule has 160 valence electrons. The molecule has 8 heteroatoms. The normalized spacial score (nSPS) is 18.9. The molecule has 1 fully saturated rings. The number of benzene rings is 1. The number of carboxylic acid groups (broad SMARTS) is 1. The minimum atomic E-state index is -3.41. The minimum absolute atomic E-state index is 0.0200. The zero-order valence-electron chi connectivity index (χ0n) is 16.2. The van der Waals surface area contributed by atoms with Crippen molar-refractivity contribution in [3.8, 4) is 0 Å². The van der Waals surface area contributed by atoms with Crippen molar-refractivity contribution in [2.24, 2.45) is 0 Å². The van der Waals surface area contributed by atoms with E-state index in [2.05, 4.69) is 0 Å². The van der Waals surface area contributed by atoms with Crippen LogP contribution in [0.3, 0.4) is 0 Å². The van der Waals surface area contributed by atoms with Crippen molar-refractivity contribution in [1.29, 1.82) is 0 Å². The molecule has 0 aromatic heterocycles. The molecule has 2 rings (SSSR count). The van der Waals surface area contributed by atoms with Crippen LogP contribution in [0.5, 0.6) is 0 Å². The number of rotatable bonds is 11. The number of amides is 1. The molecule has 1 aliphatic heterocycles. The van der Waals surface area contributed by atoms with E-state index in [1.807, 2.05) is 0 Å². The van der Waals surface area contributed by atoms with Crippen LogP contribution in [0.2, 0.25) is 0 Å². The third-order valence-electron chi connectivity index (χ3n) is 4.82. The predicted octanol–water partition coefficient (Wildman–Crippen LogP) is 3.67. The number of aliphatic hydroxyl groups excluding tert-OH is 1. The molecule has 0 spiro atoms. The van der Waals surface area contributed by atoms with E-state index in [4.69, 9.17) is 5.11 Å². The van der Waals surface area contributed by atoms with Gasteiger partial charge in [0.05, 0.1) is 11.8 Å². The van der Waals surface area contributed by atoms with Gasteiger partial charge in [0.1, 0.15) is 6.10 Å². The van der Waals surface area contributed by atoms with Crippen molar-refractivity contribution >= 4 is 23.6 Å². The summed E-state index contributed by atoms with van der Waals surface area (Å²) in [5.74, 6) is -3.54. The average Bonchev–Trinajstić information content (AvgIpc) is 2.70. The minimum Gasteiger partial charge on any atom is -0.481 e. The standard InChI is InChI=1S/C21H27F2NO4S/c22-21(23,16-7-2-1-3-8-16)18(25)12-11-17-9-6-10-19(26)24(17)13-4-5-14-29-15-20(27)28/h1-3,7-8,11-12,17-18,25H,4-6,9-10,13-15H2,(H,27,28)/b12-11+/t17-,18+/m1/s1. The Bertz CT molecular complexity index is 699. The smallest absolute Gasteiger partial charge is 0.313 e. The van der Waals surface area contributed by atoms with Gasteiger partial charge in [-0.05, 0) is 31.4 Å². The Hall–Kier alpha value is -1.93. The number of alkyl halides is 2. The van der Waals surface area contributed by atoms with Gasteiger partial charge in [0.15, 0.2) is 0 Å². The van der Waals surface area contributed by atoms with Crippen LogP contribution in [0.4, 0.5) is 8.78 Å². The lowest BCUT2D eigenvalue weighted by molar-refractivity contribution is -0.135. The number of carbonyl (C=O) groups is 2. The van der Waals surface area contributed by atoms with Crippen molar-refractivity contribution in [2.45, 2.75) is 50.2 Å². The molecule has 0 bridgehead atoms. The van der Waals surface area contributed by atoms with Crippen molar-refractivity contribution in [3.63, 3.8) is 0 Å². The highest BCUT2D eigenvalue weighted by atomic mass is 32.2. The summed E-state index contributed by atoms with van der Waals surface area (Å²) >= 11 is 1.33. The monoisotopic (exact) mass is 427 g/mol. The Morgan fingerprint density at radius 3 is 2.72 bits per heavy atom. The van der Waals surface area contributed by atoms with Crippen molar-refractivity contribution in [1.82, 2.24) is 4.90 Å². The zero-order valence-corrected chi connectivity index (χ0v) is 17.0. The third kappa shape index (κ3) is 7.12. The summed E-state index contributed by atoms with van der Waals surface area (Å²) in [7, 11) is 0. The fraction of sp³-hybridized carbons (Fsp3) is 0.524. The van der Waals surface area contributed by atoms with Crippen LogP contribution in [0.15, 0.2) is 42.5 Å². The molecular weight excluding hydrogens is 400 g/mol. The van der Waals surface area contributed by atoms with Gasteiger partial charge in [-0.3, -0.25) is 9.59 Å². The first-order chi connectivity index (χ1) is 13.8. The predicted molar refractivity (Wildman–Crippen MR) is 109 cm³/mol. The number of aliphatic carboxylic acids is 1. The van der Waals surface area contributed by atoms with Crippen LogP contribution in [0.25, 0.3) is 0 Å². The van der Waals surface area contributed by atoms with Crippen LogP contribution in [-0.2, 0) is 15.5 Å². The number of carboxylic acids is 1. The molecule has 2 atom stereocenters. The second-order valence-corrected chi connectivity index (χ2v) is 8.12. The molecule has 0 radical (unpaired) electrons. The van der Waals surface area contributed by atoms with Gasteiger partial charge < -0.3 is 15.1 Å². The summed E-state index contributed by atoms with van der Waals surface area (Å²) in [5, 5.41) is 18.7. The number of unbranched alkanes of at least 4 members (excludes halogenated alkanes) is 1. The van der Waals surface area contributed by atoms with E-state index >= 15 is 0 Å². The van der Waals surface area contributed by atoms with Crippen LogP contribution >= 0.6 is 11.8 Å². The summed E-state index contributed by atoms with van der Waals surface area (Å²) in [6.07, 6.45) is 3.89. The summed E-state index contributed by atoms with van der Waals surface area (Å²) in [5.41, 5.74) is -0.257. The van der Waals surface area contributed by atoms with Crippen molar-refractivity contribution in [3.05, 3.63) is 48.0 Å². The molecule has 0 saturated carbocycles. The molecule has 1 amide bonds.